The third-order valence-electron chi connectivity index (χ3n) is 5.15. The van der Waals surface area contributed by atoms with Gasteiger partial charge in [0, 0.05) is 17.9 Å². The van der Waals surface area contributed by atoms with Crippen LogP contribution in [0.5, 0.6) is 5.75 Å². The van der Waals surface area contributed by atoms with Crippen LogP contribution in [0.25, 0.3) is 0 Å². The summed E-state index contributed by atoms with van der Waals surface area (Å²) >= 11 is 0. The highest BCUT2D eigenvalue weighted by molar-refractivity contribution is 7.92. The van der Waals surface area contributed by atoms with Crippen LogP contribution in [0.4, 0.5) is 23.0 Å². The van der Waals surface area contributed by atoms with Gasteiger partial charge in [-0.15, -0.1) is 0 Å². The number of hydrogen-bond acceptors (Lipinski definition) is 7. The molecule has 11 heteroatoms. The molecule has 0 spiro atoms. The number of amides is 1. The lowest BCUT2D eigenvalue weighted by Gasteiger charge is -2.10. The summed E-state index contributed by atoms with van der Waals surface area (Å²) in [6, 6.07) is 19.7. The Kier molecular flexibility index (Phi) is 6.60. The van der Waals surface area contributed by atoms with E-state index in [1.807, 2.05) is 6.92 Å². The fourth-order valence-electron chi connectivity index (χ4n) is 3.30. The van der Waals surface area contributed by atoms with Gasteiger partial charge in [-0.2, -0.15) is 5.10 Å². The van der Waals surface area contributed by atoms with Crippen molar-refractivity contribution >= 4 is 38.9 Å². The number of hydrogen-bond donors (Lipinski definition) is 6. The number of aryl methyl sites for hydroxylation is 1. The number of primary amides is 1. The van der Waals surface area contributed by atoms with Crippen LogP contribution in [0, 0.1) is 6.92 Å². The Morgan fingerprint density at radius 2 is 1.60 bits per heavy atom. The summed E-state index contributed by atoms with van der Waals surface area (Å²) in [6.07, 6.45) is 0. The van der Waals surface area contributed by atoms with E-state index in [2.05, 4.69) is 25.6 Å². The molecule has 0 saturated heterocycles. The van der Waals surface area contributed by atoms with E-state index in [4.69, 9.17) is 5.73 Å². The number of nitrogens with one attached hydrogen (secondary N) is 4. The van der Waals surface area contributed by atoms with Crippen LogP contribution in [-0.4, -0.2) is 29.6 Å². The number of carbonyl (C=O) groups is 1. The molecule has 0 fully saturated rings. The molecule has 3 aromatic carbocycles. The van der Waals surface area contributed by atoms with E-state index < -0.39 is 15.9 Å². The smallest absolute Gasteiger partial charge is 0.261 e. The quantitative estimate of drug-likeness (QED) is 0.208. The molecule has 0 aliphatic heterocycles. The first-order valence-corrected chi connectivity index (χ1v) is 12.1. The van der Waals surface area contributed by atoms with E-state index >= 15 is 0 Å². The number of phenols is 1. The lowest BCUT2D eigenvalue weighted by atomic mass is 10.2. The Labute approximate surface area is 202 Å². The summed E-state index contributed by atoms with van der Waals surface area (Å²) in [7, 11) is -3.72. The number of phenolic OH excluding ortho intramolecular Hbond substituents is 1. The van der Waals surface area contributed by atoms with Gasteiger partial charge in [0.2, 0.25) is 0 Å². The van der Waals surface area contributed by atoms with Gasteiger partial charge in [0.05, 0.1) is 4.90 Å². The molecule has 0 aliphatic rings. The van der Waals surface area contributed by atoms with E-state index in [1.54, 1.807) is 72.8 Å². The molecule has 10 nitrogen and oxygen atoms in total. The Hall–Kier alpha value is -4.51. The second kappa shape index (κ2) is 9.77. The van der Waals surface area contributed by atoms with Gasteiger partial charge in [-0.3, -0.25) is 14.6 Å². The van der Waals surface area contributed by atoms with E-state index in [1.165, 1.54) is 0 Å². The van der Waals surface area contributed by atoms with Gasteiger partial charge in [0.25, 0.3) is 15.9 Å². The summed E-state index contributed by atoms with van der Waals surface area (Å²) in [5.74, 6) is 0.0398. The summed E-state index contributed by atoms with van der Waals surface area (Å²) < 4.78 is 27.7. The zero-order valence-corrected chi connectivity index (χ0v) is 19.6. The van der Waals surface area contributed by atoms with Crippen molar-refractivity contribution in [1.82, 2.24) is 10.2 Å². The predicted molar refractivity (Wildman–Crippen MR) is 134 cm³/mol. The molecule has 4 aromatic rings. The van der Waals surface area contributed by atoms with Crippen LogP contribution in [-0.2, 0) is 16.6 Å². The Bertz CT molecular complexity index is 1430. The van der Waals surface area contributed by atoms with Crippen molar-refractivity contribution in [3.63, 3.8) is 0 Å². The minimum Gasteiger partial charge on any atom is -0.508 e. The molecule has 0 aliphatic carbocycles. The summed E-state index contributed by atoms with van der Waals surface area (Å²) in [5, 5.41) is 22.4. The summed E-state index contributed by atoms with van der Waals surface area (Å²) in [4.78, 5) is 12.3. The van der Waals surface area contributed by atoms with E-state index in [9.17, 15) is 18.3 Å². The highest BCUT2D eigenvalue weighted by Gasteiger charge is 2.19. The number of benzene rings is 3. The number of H-pyrrole nitrogens is 1. The van der Waals surface area contributed by atoms with Crippen LogP contribution < -0.4 is 21.1 Å². The SMILES string of the molecule is Cc1ccc(S(=O)(=O)Nc2ccc(Nc3[nH]nc(NCc4ccc(O)cc4)c3C(N)=O)cc2)cc1. The third-order valence-corrected chi connectivity index (χ3v) is 6.54. The molecule has 1 amide bonds. The monoisotopic (exact) mass is 492 g/mol. The first-order chi connectivity index (χ1) is 16.7. The van der Waals surface area contributed by atoms with Crippen molar-refractivity contribution in [1.29, 1.82) is 0 Å². The Balaban J connectivity index is 1.45. The van der Waals surface area contributed by atoms with E-state index in [0.717, 1.165) is 11.1 Å². The normalized spacial score (nSPS) is 11.1. The van der Waals surface area contributed by atoms with Crippen LogP contribution >= 0.6 is 0 Å². The zero-order chi connectivity index (χ0) is 25.0. The van der Waals surface area contributed by atoms with Gasteiger partial charge in [0.1, 0.15) is 17.1 Å². The number of rotatable bonds is 9. The number of aromatic hydroxyl groups is 1. The summed E-state index contributed by atoms with van der Waals surface area (Å²) in [6.45, 7) is 2.24. The lowest BCUT2D eigenvalue weighted by molar-refractivity contribution is 0.100. The average Bonchev–Trinajstić information content (AvgIpc) is 3.23. The lowest BCUT2D eigenvalue weighted by Crippen LogP contribution is -2.15. The molecule has 7 N–H and O–H groups in total. The van der Waals surface area contributed by atoms with Gasteiger partial charge in [-0.1, -0.05) is 29.8 Å². The van der Waals surface area contributed by atoms with E-state index in [-0.39, 0.29) is 22.0 Å². The summed E-state index contributed by atoms with van der Waals surface area (Å²) in [5.41, 5.74) is 8.52. The van der Waals surface area contributed by atoms with Gasteiger partial charge in [0.15, 0.2) is 5.82 Å². The number of nitrogens with zero attached hydrogens (tertiary/aromatic N) is 1. The highest BCUT2D eigenvalue weighted by atomic mass is 32.2. The largest absolute Gasteiger partial charge is 0.508 e. The fraction of sp³-hybridized carbons (Fsp3) is 0.0833. The molecule has 1 aromatic heterocycles. The Morgan fingerprint density at radius 1 is 0.971 bits per heavy atom. The number of nitrogens with two attached hydrogens (primary N) is 1. The van der Waals surface area contributed by atoms with Crippen LogP contribution in [0.3, 0.4) is 0 Å². The maximum atomic E-state index is 12.6. The second-order valence-electron chi connectivity index (χ2n) is 7.83. The highest BCUT2D eigenvalue weighted by Crippen LogP contribution is 2.26. The Morgan fingerprint density at radius 3 is 2.23 bits per heavy atom. The standard InChI is InChI=1S/C24H24N6O4S/c1-15-2-12-20(13-3-15)35(33,34)30-18-8-6-17(7-9-18)27-24-21(22(25)32)23(28-29-24)26-14-16-4-10-19(31)11-5-16/h2-13,30-31H,14H2,1H3,(H2,25,32)(H3,26,27,28,29). The molecule has 35 heavy (non-hydrogen) atoms. The van der Waals surface area contributed by atoms with Crippen LogP contribution in [0.15, 0.2) is 77.7 Å². The van der Waals surface area contributed by atoms with Crippen LogP contribution in [0.1, 0.15) is 21.5 Å². The molecule has 0 unspecified atom stereocenters. The van der Waals surface area contributed by atoms with Crippen molar-refractivity contribution < 1.29 is 18.3 Å². The van der Waals surface area contributed by atoms with Gasteiger partial charge < -0.3 is 21.5 Å². The van der Waals surface area contributed by atoms with Crippen LogP contribution in [0.2, 0.25) is 0 Å². The molecular formula is C24H24N6O4S. The number of anilines is 4. The molecule has 4 rings (SSSR count). The maximum Gasteiger partial charge on any atom is 0.261 e. The van der Waals surface area contributed by atoms with Crippen molar-refractivity contribution in [3.05, 3.63) is 89.5 Å². The molecule has 0 saturated carbocycles. The first-order valence-electron chi connectivity index (χ1n) is 10.6. The molecule has 1 heterocycles. The number of carbonyl (C=O) groups excluding carboxylic acids is 1. The number of aromatic amines is 1. The molecule has 180 valence electrons. The van der Waals surface area contributed by atoms with Crippen molar-refractivity contribution in [3.8, 4) is 5.75 Å². The maximum absolute atomic E-state index is 12.6. The van der Waals surface area contributed by atoms with Gasteiger partial charge in [-0.05, 0) is 61.0 Å². The molecule has 0 bridgehead atoms. The third kappa shape index (κ3) is 5.71. The second-order valence-corrected chi connectivity index (χ2v) is 9.51. The van der Waals surface area contributed by atoms with Gasteiger partial charge in [-0.25, -0.2) is 8.42 Å². The molecule has 0 radical (unpaired) electrons. The van der Waals surface area contributed by atoms with E-state index in [0.29, 0.717) is 23.7 Å². The first kappa shape index (κ1) is 23.6. The molecule has 0 atom stereocenters. The fourth-order valence-corrected chi connectivity index (χ4v) is 4.36. The zero-order valence-electron chi connectivity index (χ0n) is 18.7. The molecular weight excluding hydrogens is 468 g/mol. The van der Waals surface area contributed by atoms with Crippen molar-refractivity contribution in [2.45, 2.75) is 18.4 Å². The van der Waals surface area contributed by atoms with Gasteiger partial charge >= 0.3 is 0 Å². The number of sulfonamides is 1. The minimum absolute atomic E-state index is 0.146. The number of aromatic nitrogens is 2. The predicted octanol–water partition coefficient (Wildman–Crippen LogP) is 3.68. The van der Waals surface area contributed by atoms with Crippen molar-refractivity contribution in [2.24, 2.45) is 5.73 Å². The van der Waals surface area contributed by atoms with Crippen molar-refractivity contribution in [2.75, 3.05) is 15.4 Å². The average molecular weight is 493 g/mol. The minimum atomic E-state index is -3.72. The topological polar surface area (TPSA) is 162 Å².